The van der Waals surface area contributed by atoms with Gasteiger partial charge in [0.1, 0.15) is 5.60 Å². The standard InChI is InChI=1S/C29H38N2O4/c1-21-13-15-23(27(32)34-5)18-26(21)24(16-14-22-10-7-6-8-11-22)19-30-25-12-9-17-31(20-25)28(33)35-29(2,3)4/h6-8,10-11,13,15-16,18,25,30H,9,12,14,17,19-20H2,1-5H3/b24-16-. The van der Waals surface area contributed by atoms with Crippen LogP contribution < -0.4 is 5.32 Å². The summed E-state index contributed by atoms with van der Waals surface area (Å²) in [6, 6.07) is 16.1. The summed E-state index contributed by atoms with van der Waals surface area (Å²) < 4.78 is 10.5. The molecular formula is C29H38N2O4. The van der Waals surface area contributed by atoms with Gasteiger partial charge in [0.2, 0.25) is 0 Å². The lowest BCUT2D eigenvalue weighted by molar-refractivity contribution is 0.0189. The number of carbonyl (C=O) groups excluding carboxylic acids is 2. The number of benzene rings is 2. The molecule has 1 atom stereocenters. The van der Waals surface area contributed by atoms with Crippen LogP contribution in [0.15, 0.2) is 54.6 Å². The van der Waals surface area contributed by atoms with Gasteiger partial charge >= 0.3 is 12.1 Å². The van der Waals surface area contributed by atoms with Crippen LogP contribution in [-0.2, 0) is 15.9 Å². The fourth-order valence-electron chi connectivity index (χ4n) is 4.24. The highest BCUT2D eigenvalue weighted by Crippen LogP contribution is 2.23. The van der Waals surface area contributed by atoms with Gasteiger partial charge in [0, 0.05) is 25.7 Å². The predicted molar refractivity (Wildman–Crippen MR) is 139 cm³/mol. The molecule has 0 radical (unpaired) electrons. The number of nitrogens with one attached hydrogen (secondary N) is 1. The summed E-state index contributed by atoms with van der Waals surface area (Å²) in [6.07, 6.45) is 4.67. The minimum atomic E-state index is -0.507. The van der Waals surface area contributed by atoms with Gasteiger partial charge in [0.25, 0.3) is 0 Å². The topological polar surface area (TPSA) is 67.9 Å². The van der Waals surface area contributed by atoms with Crippen LogP contribution in [0, 0.1) is 6.92 Å². The number of hydrogen-bond donors (Lipinski definition) is 1. The van der Waals surface area contributed by atoms with Crippen LogP contribution in [0.2, 0.25) is 0 Å². The molecule has 35 heavy (non-hydrogen) atoms. The molecule has 0 aromatic heterocycles. The molecule has 2 aromatic rings. The van der Waals surface area contributed by atoms with Crippen molar-refractivity contribution in [1.82, 2.24) is 10.2 Å². The molecule has 0 spiro atoms. The van der Waals surface area contributed by atoms with E-state index in [4.69, 9.17) is 9.47 Å². The summed E-state index contributed by atoms with van der Waals surface area (Å²) in [5, 5.41) is 3.66. The molecule has 1 heterocycles. The third kappa shape index (κ3) is 7.96. The molecule has 6 heteroatoms. The summed E-state index contributed by atoms with van der Waals surface area (Å²) in [7, 11) is 1.40. The van der Waals surface area contributed by atoms with Gasteiger partial charge < -0.3 is 19.7 Å². The molecule has 0 saturated carbocycles. The van der Waals surface area contributed by atoms with E-state index in [1.807, 2.05) is 51.1 Å². The fourth-order valence-corrected chi connectivity index (χ4v) is 4.24. The van der Waals surface area contributed by atoms with E-state index in [-0.39, 0.29) is 18.1 Å². The Balaban J connectivity index is 1.78. The molecule has 0 bridgehead atoms. The minimum Gasteiger partial charge on any atom is -0.465 e. The van der Waals surface area contributed by atoms with Crippen LogP contribution in [0.4, 0.5) is 4.79 Å². The smallest absolute Gasteiger partial charge is 0.410 e. The lowest BCUT2D eigenvalue weighted by atomic mass is 9.95. The normalized spacial score (nSPS) is 16.7. The number of nitrogens with zero attached hydrogens (tertiary/aromatic N) is 1. The van der Waals surface area contributed by atoms with Crippen LogP contribution in [0.3, 0.4) is 0 Å². The van der Waals surface area contributed by atoms with Gasteiger partial charge in [-0.3, -0.25) is 0 Å². The second-order valence-corrected chi connectivity index (χ2v) is 10.1. The zero-order chi connectivity index (χ0) is 25.4. The second-order valence-electron chi connectivity index (χ2n) is 10.1. The van der Waals surface area contributed by atoms with Crippen molar-refractivity contribution in [2.45, 2.75) is 58.6 Å². The van der Waals surface area contributed by atoms with Crippen molar-refractivity contribution in [3.63, 3.8) is 0 Å². The van der Waals surface area contributed by atoms with Gasteiger partial charge in [-0.25, -0.2) is 9.59 Å². The Labute approximate surface area is 209 Å². The predicted octanol–water partition coefficient (Wildman–Crippen LogP) is 5.40. The Morgan fingerprint density at radius 3 is 2.57 bits per heavy atom. The SMILES string of the molecule is COC(=O)c1ccc(C)c(/C(=C\Cc2ccccc2)CNC2CCCN(C(=O)OC(C)(C)C)C2)c1. The maximum absolute atomic E-state index is 12.6. The number of piperidine rings is 1. The Kier molecular flexibility index (Phi) is 9.10. The molecule has 1 aliphatic rings. The highest BCUT2D eigenvalue weighted by atomic mass is 16.6. The van der Waals surface area contributed by atoms with E-state index in [1.54, 1.807) is 11.0 Å². The van der Waals surface area contributed by atoms with E-state index < -0.39 is 5.60 Å². The fraction of sp³-hybridized carbons (Fsp3) is 0.448. The molecule has 1 saturated heterocycles. The zero-order valence-electron chi connectivity index (χ0n) is 21.6. The molecular weight excluding hydrogens is 440 g/mol. The number of ether oxygens (including phenoxy) is 2. The Bertz CT molecular complexity index is 1040. The lowest BCUT2D eigenvalue weighted by Gasteiger charge is -2.34. The van der Waals surface area contributed by atoms with E-state index in [1.165, 1.54) is 12.7 Å². The van der Waals surface area contributed by atoms with Crippen LogP contribution >= 0.6 is 0 Å². The van der Waals surface area contributed by atoms with Crippen molar-refractivity contribution in [3.05, 3.63) is 76.9 Å². The van der Waals surface area contributed by atoms with E-state index >= 15 is 0 Å². The Morgan fingerprint density at radius 1 is 1.14 bits per heavy atom. The number of likely N-dealkylation sites (tertiary alicyclic amines) is 1. The highest BCUT2D eigenvalue weighted by molar-refractivity contribution is 5.91. The molecule has 6 nitrogen and oxygen atoms in total. The quantitative estimate of drug-likeness (QED) is 0.540. The summed E-state index contributed by atoms with van der Waals surface area (Å²) in [4.78, 5) is 26.5. The Morgan fingerprint density at radius 2 is 1.89 bits per heavy atom. The number of aryl methyl sites for hydroxylation is 1. The molecule has 188 valence electrons. The second kappa shape index (κ2) is 12.0. The molecule has 1 fully saturated rings. The first-order chi connectivity index (χ1) is 16.7. The van der Waals surface area contributed by atoms with Crippen molar-refractivity contribution < 1.29 is 19.1 Å². The third-order valence-electron chi connectivity index (χ3n) is 6.09. The minimum absolute atomic E-state index is 0.167. The van der Waals surface area contributed by atoms with Gasteiger partial charge in [0.05, 0.1) is 12.7 Å². The number of hydrogen-bond acceptors (Lipinski definition) is 5. The number of amides is 1. The summed E-state index contributed by atoms with van der Waals surface area (Å²) >= 11 is 0. The van der Waals surface area contributed by atoms with Gasteiger partial charge in [0.15, 0.2) is 0 Å². The van der Waals surface area contributed by atoms with Crippen LogP contribution in [0.25, 0.3) is 5.57 Å². The van der Waals surface area contributed by atoms with E-state index in [0.29, 0.717) is 25.2 Å². The summed E-state index contributed by atoms with van der Waals surface area (Å²) in [6.45, 7) is 9.67. The van der Waals surface area contributed by atoms with E-state index in [9.17, 15) is 9.59 Å². The molecule has 2 aromatic carbocycles. The van der Waals surface area contributed by atoms with Crippen molar-refractivity contribution in [2.24, 2.45) is 0 Å². The maximum atomic E-state index is 12.6. The number of rotatable bonds is 7. The first-order valence-corrected chi connectivity index (χ1v) is 12.3. The largest absolute Gasteiger partial charge is 0.465 e. The average Bonchev–Trinajstić information content (AvgIpc) is 2.84. The first kappa shape index (κ1) is 26.5. The van der Waals surface area contributed by atoms with Gasteiger partial charge in [-0.2, -0.15) is 0 Å². The van der Waals surface area contributed by atoms with Gasteiger partial charge in [-0.1, -0.05) is 42.5 Å². The number of allylic oxidation sites excluding steroid dienone is 1. The molecule has 1 unspecified atom stereocenters. The third-order valence-corrected chi connectivity index (χ3v) is 6.09. The van der Waals surface area contributed by atoms with E-state index in [0.717, 1.165) is 36.0 Å². The van der Waals surface area contributed by atoms with Crippen molar-refractivity contribution in [2.75, 3.05) is 26.7 Å². The van der Waals surface area contributed by atoms with Crippen molar-refractivity contribution >= 4 is 17.6 Å². The molecule has 1 aliphatic heterocycles. The number of methoxy groups -OCH3 is 1. The molecule has 1 N–H and O–H groups in total. The highest BCUT2D eigenvalue weighted by Gasteiger charge is 2.27. The number of esters is 1. The first-order valence-electron chi connectivity index (χ1n) is 12.3. The molecule has 0 aliphatic carbocycles. The zero-order valence-corrected chi connectivity index (χ0v) is 21.6. The number of carbonyl (C=O) groups is 2. The Hall–Kier alpha value is -3.12. The average molecular weight is 479 g/mol. The van der Waals surface area contributed by atoms with Crippen LogP contribution in [-0.4, -0.2) is 55.3 Å². The van der Waals surface area contributed by atoms with Crippen LogP contribution in [0.1, 0.15) is 60.7 Å². The maximum Gasteiger partial charge on any atom is 0.410 e. The van der Waals surface area contributed by atoms with Crippen molar-refractivity contribution in [3.8, 4) is 0 Å². The monoisotopic (exact) mass is 478 g/mol. The van der Waals surface area contributed by atoms with E-state index in [2.05, 4.69) is 30.4 Å². The van der Waals surface area contributed by atoms with Gasteiger partial charge in [-0.15, -0.1) is 0 Å². The van der Waals surface area contributed by atoms with Gasteiger partial charge in [-0.05, 0) is 81.4 Å². The molecule has 3 rings (SSSR count). The summed E-state index contributed by atoms with van der Waals surface area (Å²) in [5.74, 6) is -0.345. The molecule has 1 amide bonds. The van der Waals surface area contributed by atoms with Crippen molar-refractivity contribution in [1.29, 1.82) is 0 Å². The lowest BCUT2D eigenvalue weighted by Crippen LogP contribution is -2.49. The summed E-state index contributed by atoms with van der Waals surface area (Å²) in [5.41, 5.74) is 4.49. The van der Waals surface area contributed by atoms with Crippen LogP contribution in [0.5, 0.6) is 0 Å².